The van der Waals surface area contributed by atoms with E-state index in [0.29, 0.717) is 24.1 Å². The number of piperidine rings is 1. The first-order valence-corrected chi connectivity index (χ1v) is 12.8. The second kappa shape index (κ2) is 10.2. The van der Waals surface area contributed by atoms with Crippen LogP contribution in [0.1, 0.15) is 55.1 Å². The Bertz CT molecular complexity index is 934. The van der Waals surface area contributed by atoms with Gasteiger partial charge in [0.05, 0.1) is 25.8 Å². The van der Waals surface area contributed by atoms with Crippen molar-refractivity contribution in [3.8, 4) is 10.4 Å². The molecule has 1 aliphatic heterocycles. The van der Waals surface area contributed by atoms with E-state index in [-0.39, 0.29) is 16.7 Å². The van der Waals surface area contributed by atoms with E-state index in [4.69, 9.17) is 0 Å². The van der Waals surface area contributed by atoms with Crippen LogP contribution in [0.25, 0.3) is 10.4 Å². The molecule has 2 atom stereocenters. The molecule has 2 aliphatic rings. The summed E-state index contributed by atoms with van der Waals surface area (Å²) >= 11 is 1.28. The minimum absolute atomic E-state index is 0.00147. The van der Waals surface area contributed by atoms with E-state index in [1.807, 2.05) is 41.3 Å². The molecule has 0 spiro atoms. The highest BCUT2D eigenvalue weighted by Crippen LogP contribution is 2.39. The zero-order valence-corrected chi connectivity index (χ0v) is 20.0. The van der Waals surface area contributed by atoms with Crippen LogP contribution < -0.4 is 9.80 Å². The summed E-state index contributed by atoms with van der Waals surface area (Å²) in [7, 11) is 2.21. The number of quaternary nitrogens is 1. The van der Waals surface area contributed by atoms with Gasteiger partial charge in [-0.25, -0.2) is 4.79 Å². The number of likely N-dealkylation sites (tertiary alicyclic amines) is 1. The van der Waals surface area contributed by atoms with Gasteiger partial charge in [0, 0.05) is 23.3 Å². The molecular formula is C26H35N2O3S+. The number of carbonyl (C=O) groups is 2. The zero-order chi connectivity index (χ0) is 22.7. The first kappa shape index (κ1) is 23.0. The molecule has 0 radical (unpaired) electrons. The van der Waals surface area contributed by atoms with Crippen LogP contribution in [-0.2, 0) is 4.79 Å². The normalized spacial score (nSPS) is 25.9. The smallest absolute Gasteiger partial charge is 0.348 e. The van der Waals surface area contributed by atoms with E-state index < -0.39 is 5.97 Å². The summed E-state index contributed by atoms with van der Waals surface area (Å²) in [6.45, 7) is 5.08. The van der Waals surface area contributed by atoms with E-state index in [0.717, 1.165) is 55.5 Å². The van der Waals surface area contributed by atoms with Crippen LogP contribution in [0.15, 0.2) is 36.4 Å². The number of thiophene rings is 1. The largest absolute Gasteiger partial charge is 0.477 e. The Hall–Kier alpha value is -2.18. The van der Waals surface area contributed by atoms with Crippen LogP contribution in [0.4, 0.5) is 5.69 Å². The van der Waals surface area contributed by atoms with Gasteiger partial charge in [0.2, 0.25) is 5.91 Å². The molecule has 1 saturated carbocycles. The number of carboxylic acid groups (broad SMARTS) is 1. The number of carboxylic acids is 1. The van der Waals surface area contributed by atoms with Crippen molar-refractivity contribution >= 4 is 28.9 Å². The SMILES string of the molecule is CC1CCC(C(=O)N(CC2CCC[NH+](C)C2)c2cc(-c3ccccc3)sc2C(=O)O)CC1. The Morgan fingerprint density at radius 3 is 2.50 bits per heavy atom. The summed E-state index contributed by atoms with van der Waals surface area (Å²) in [5.74, 6) is 0.246. The van der Waals surface area contributed by atoms with Crippen molar-refractivity contribution in [2.75, 3.05) is 31.6 Å². The predicted octanol–water partition coefficient (Wildman–Crippen LogP) is 4.20. The molecule has 6 heteroatoms. The minimum atomic E-state index is -0.950. The number of amides is 1. The Kier molecular flexibility index (Phi) is 7.31. The van der Waals surface area contributed by atoms with Gasteiger partial charge in [0.15, 0.2) is 0 Å². The molecule has 2 unspecified atom stereocenters. The molecule has 2 aromatic rings. The maximum atomic E-state index is 13.8. The van der Waals surface area contributed by atoms with Crippen molar-refractivity contribution in [2.24, 2.45) is 17.8 Å². The molecule has 1 aliphatic carbocycles. The average molecular weight is 456 g/mol. The number of benzene rings is 1. The Labute approximate surface area is 195 Å². The highest BCUT2D eigenvalue weighted by Gasteiger charge is 2.34. The minimum Gasteiger partial charge on any atom is -0.477 e. The van der Waals surface area contributed by atoms with E-state index in [1.165, 1.54) is 22.8 Å². The lowest BCUT2D eigenvalue weighted by atomic mass is 9.82. The van der Waals surface area contributed by atoms with E-state index in [9.17, 15) is 14.7 Å². The van der Waals surface area contributed by atoms with Crippen molar-refractivity contribution in [3.63, 3.8) is 0 Å². The van der Waals surface area contributed by atoms with Gasteiger partial charge in [-0.05, 0) is 56.1 Å². The fourth-order valence-electron chi connectivity index (χ4n) is 5.32. The van der Waals surface area contributed by atoms with Gasteiger partial charge in [-0.1, -0.05) is 37.3 Å². The van der Waals surface area contributed by atoms with Crippen molar-refractivity contribution in [3.05, 3.63) is 41.3 Å². The number of aromatic carboxylic acids is 1. The maximum absolute atomic E-state index is 13.8. The van der Waals surface area contributed by atoms with Gasteiger partial charge < -0.3 is 14.9 Å². The molecule has 172 valence electrons. The fourth-order valence-corrected chi connectivity index (χ4v) is 6.32. The number of nitrogens with one attached hydrogen (secondary N) is 1. The Balaban J connectivity index is 1.69. The third-order valence-corrected chi connectivity index (χ3v) is 8.34. The van der Waals surface area contributed by atoms with Crippen LogP contribution in [0.5, 0.6) is 0 Å². The molecule has 1 saturated heterocycles. The summed E-state index contributed by atoms with van der Waals surface area (Å²) < 4.78 is 0. The number of carbonyl (C=O) groups excluding carboxylic acids is 1. The summed E-state index contributed by atoms with van der Waals surface area (Å²) in [4.78, 5) is 30.6. The molecule has 4 rings (SSSR count). The second-order valence-corrected chi connectivity index (χ2v) is 10.9. The molecule has 2 heterocycles. The van der Waals surface area contributed by atoms with Crippen molar-refractivity contribution in [1.29, 1.82) is 0 Å². The van der Waals surface area contributed by atoms with Crippen LogP contribution in [0.2, 0.25) is 0 Å². The van der Waals surface area contributed by atoms with Gasteiger partial charge in [-0.15, -0.1) is 11.3 Å². The Morgan fingerprint density at radius 2 is 1.84 bits per heavy atom. The molecular weight excluding hydrogens is 420 g/mol. The van der Waals surface area contributed by atoms with Gasteiger partial charge in [0.1, 0.15) is 4.88 Å². The maximum Gasteiger partial charge on any atom is 0.348 e. The second-order valence-electron chi connectivity index (χ2n) is 9.82. The van der Waals surface area contributed by atoms with Crippen molar-refractivity contribution in [1.82, 2.24) is 0 Å². The first-order chi connectivity index (χ1) is 15.4. The van der Waals surface area contributed by atoms with Gasteiger partial charge in [-0.3, -0.25) is 4.79 Å². The quantitative estimate of drug-likeness (QED) is 0.686. The third kappa shape index (κ3) is 5.24. The number of rotatable bonds is 6. The Morgan fingerprint density at radius 1 is 1.12 bits per heavy atom. The topological polar surface area (TPSA) is 62.1 Å². The van der Waals surface area contributed by atoms with Crippen LogP contribution in [0, 0.1) is 17.8 Å². The van der Waals surface area contributed by atoms with Crippen molar-refractivity contribution in [2.45, 2.75) is 45.4 Å². The lowest BCUT2D eigenvalue weighted by molar-refractivity contribution is -0.888. The molecule has 2 fully saturated rings. The number of hydrogen-bond donors (Lipinski definition) is 2. The van der Waals surface area contributed by atoms with Gasteiger partial charge in [-0.2, -0.15) is 0 Å². The summed E-state index contributed by atoms with van der Waals surface area (Å²) in [6.07, 6.45) is 6.22. The van der Waals surface area contributed by atoms with E-state index in [2.05, 4.69) is 14.0 Å². The monoisotopic (exact) mass is 455 g/mol. The average Bonchev–Trinajstić information content (AvgIpc) is 3.24. The van der Waals surface area contributed by atoms with Crippen molar-refractivity contribution < 1.29 is 19.6 Å². The van der Waals surface area contributed by atoms with Gasteiger partial charge >= 0.3 is 5.97 Å². The molecule has 32 heavy (non-hydrogen) atoms. The lowest BCUT2D eigenvalue weighted by Gasteiger charge is -2.35. The molecule has 1 amide bonds. The van der Waals surface area contributed by atoms with E-state index in [1.54, 1.807) is 0 Å². The fraction of sp³-hybridized carbons (Fsp3) is 0.538. The summed E-state index contributed by atoms with van der Waals surface area (Å²) in [5, 5.41) is 10.0. The lowest BCUT2D eigenvalue weighted by Crippen LogP contribution is -3.10. The standard InChI is InChI=1S/C26H34N2O3S/c1-18-10-12-21(13-11-18)25(29)28(17-19-7-6-14-27(2)16-19)22-15-23(32-24(22)26(30)31)20-8-4-3-5-9-20/h3-5,8-9,15,18-19,21H,6-7,10-14,16-17H2,1-2H3,(H,30,31)/p+1. The predicted molar refractivity (Wildman–Crippen MR) is 130 cm³/mol. The highest BCUT2D eigenvalue weighted by molar-refractivity contribution is 7.18. The molecule has 0 bridgehead atoms. The molecule has 5 nitrogen and oxygen atoms in total. The summed E-state index contributed by atoms with van der Waals surface area (Å²) in [6, 6.07) is 11.8. The summed E-state index contributed by atoms with van der Waals surface area (Å²) in [5.41, 5.74) is 1.58. The molecule has 2 N–H and O–H groups in total. The first-order valence-electron chi connectivity index (χ1n) is 12.0. The highest BCUT2D eigenvalue weighted by atomic mass is 32.1. The molecule has 1 aromatic heterocycles. The number of anilines is 1. The molecule has 1 aromatic carbocycles. The van der Waals surface area contributed by atoms with E-state index >= 15 is 0 Å². The number of hydrogen-bond acceptors (Lipinski definition) is 3. The third-order valence-electron chi connectivity index (χ3n) is 7.18. The van der Waals surface area contributed by atoms with Crippen LogP contribution >= 0.6 is 11.3 Å². The van der Waals surface area contributed by atoms with Gasteiger partial charge in [0.25, 0.3) is 0 Å². The van der Waals surface area contributed by atoms with Crippen LogP contribution in [0.3, 0.4) is 0 Å². The number of nitrogens with zero attached hydrogens (tertiary/aromatic N) is 1. The zero-order valence-electron chi connectivity index (χ0n) is 19.2. The van der Waals surface area contributed by atoms with Crippen LogP contribution in [-0.4, -0.2) is 43.7 Å².